The maximum atomic E-state index is 13.7. The SMILES string of the molecule is Cc1ccc(C(=O)Nc2ccc(CCCl)cc2)c(F)c1. The number of aryl methyl sites for hydroxylation is 2. The second kappa shape index (κ2) is 6.53. The van der Waals surface area contributed by atoms with Crippen LogP contribution in [0.3, 0.4) is 0 Å². The third kappa shape index (κ3) is 3.58. The molecule has 1 amide bonds. The molecule has 0 fully saturated rings. The van der Waals surface area contributed by atoms with Crippen molar-refractivity contribution < 1.29 is 9.18 Å². The van der Waals surface area contributed by atoms with Crippen molar-refractivity contribution in [2.45, 2.75) is 13.3 Å². The summed E-state index contributed by atoms with van der Waals surface area (Å²) in [5.74, 6) is -0.408. The van der Waals surface area contributed by atoms with Crippen molar-refractivity contribution in [3.8, 4) is 0 Å². The van der Waals surface area contributed by atoms with Gasteiger partial charge in [-0.25, -0.2) is 4.39 Å². The van der Waals surface area contributed by atoms with Crippen LogP contribution in [0.2, 0.25) is 0 Å². The van der Waals surface area contributed by atoms with Crippen LogP contribution < -0.4 is 5.32 Å². The highest BCUT2D eigenvalue weighted by molar-refractivity contribution is 6.18. The molecular formula is C16H15ClFNO. The van der Waals surface area contributed by atoms with Gasteiger partial charge in [-0.1, -0.05) is 18.2 Å². The summed E-state index contributed by atoms with van der Waals surface area (Å²) < 4.78 is 13.7. The smallest absolute Gasteiger partial charge is 0.258 e. The van der Waals surface area contributed by atoms with Gasteiger partial charge in [0.2, 0.25) is 0 Å². The van der Waals surface area contributed by atoms with E-state index < -0.39 is 11.7 Å². The average Bonchev–Trinajstić information content (AvgIpc) is 2.41. The maximum Gasteiger partial charge on any atom is 0.258 e. The third-order valence-electron chi connectivity index (χ3n) is 2.96. The van der Waals surface area contributed by atoms with Crippen molar-refractivity contribution in [2.24, 2.45) is 0 Å². The molecule has 4 heteroatoms. The molecule has 0 bridgehead atoms. The zero-order chi connectivity index (χ0) is 14.5. The van der Waals surface area contributed by atoms with Crippen molar-refractivity contribution in [1.82, 2.24) is 0 Å². The summed E-state index contributed by atoms with van der Waals surface area (Å²) in [4.78, 5) is 12.0. The van der Waals surface area contributed by atoms with Crippen molar-refractivity contribution in [3.63, 3.8) is 0 Å². The Bertz CT molecular complexity index is 610. The first-order valence-electron chi connectivity index (χ1n) is 6.32. The fourth-order valence-electron chi connectivity index (χ4n) is 1.87. The van der Waals surface area contributed by atoms with E-state index in [1.54, 1.807) is 25.1 Å². The molecule has 0 aromatic heterocycles. The molecule has 2 aromatic carbocycles. The lowest BCUT2D eigenvalue weighted by molar-refractivity contribution is 0.102. The summed E-state index contributed by atoms with van der Waals surface area (Å²) in [6.45, 7) is 1.78. The Morgan fingerprint density at radius 2 is 1.90 bits per heavy atom. The van der Waals surface area contributed by atoms with Crippen LogP contribution in [0.1, 0.15) is 21.5 Å². The lowest BCUT2D eigenvalue weighted by Crippen LogP contribution is -2.13. The van der Waals surface area contributed by atoms with Gasteiger partial charge in [0.05, 0.1) is 5.56 Å². The highest BCUT2D eigenvalue weighted by Gasteiger charge is 2.11. The van der Waals surface area contributed by atoms with Crippen LogP contribution in [-0.4, -0.2) is 11.8 Å². The first kappa shape index (κ1) is 14.5. The van der Waals surface area contributed by atoms with Gasteiger partial charge in [0.25, 0.3) is 5.91 Å². The van der Waals surface area contributed by atoms with Crippen molar-refractivity contribution in [3.05, 3.63) is 65.0 Å². The number of benzene rings is 2. The van der Waals surface area contributed by atoms with Crippen molar-refractivity contribution in [1.29, 1.82) is 0 Å². The van der Waals surface area contributed by atoms with E-state index in [4.69, 9.17) is 11.6 Å². The molecule has 1 N–H and O–H groups in total. The molecule has 0 saturated heterocycles. The predicted molar refractivity (Wildman–Crippen MR) is 80.0 cm³/mol. The van der Waals surface area contributed by atoms with Crippen LogP contribution in [-0.2, 0) is 6.42 Å². The summed E-state index contributed by atoms with van der Waals surface area (Å²) in [7, 11) is 0. The minimum Gasteiger partial charge on any atom is -0.322 e. The molecule has 2 nitrogen and oxygen atoms in total. The van der Waals surface area contributed by atoms with Gasteiger partial charge in [-0.3, -0.25) is 4.79 Å². The standard InChI is InChI=1S/C16H15ClFNO/c1-11-2-7-14(15(18)10-11)16(20)19-13-5-3-12(4-6-13)8-9-17/h2-7,10H,8-9H2,1H3,(H,19,20). The van der Waals surface area contributed by atoms with Crippen LogP contribution >= 0.6 is 11.6 Å². The summed E-state index contributed by atoms with van der Waals surface area (Å²) in [5, 5.41) is 2.68. The topological polar surface area (TPSA) is 29.1 Å². The molecule has 0 aliphatic rings. The van der Waals surface area contributed by atoms with Crippen LogP contribution in [0.5, 0.6) is 0 Å². The predicted octanol–water partition coefficient (Wildman–Crippen LogP) is 4.17. The van der Waals surface area contributed by atoms with E-state index in [-0.39, 0.29) is 5.56 Å². The van der Waals surface area contributed by atoms with Gasteiger partial charge in [-0.2, -0.15) is 0 Å². The van der Waals surface area contributed by atoms with Gasteiger partial charge in [-0.15, -0.1) is 11.6 Å². The van der Waals surface area contributed by atoms with E-state index in [2.05, 4.69) is 5.32 Å². The highest BCUT2D eigenvalue weighted by atomic mass is 35.5. The van der Waals surface area contributed by atoms with E-state index in [1.165, 1.54) is 12.1 Å². The summed E-state index contributed by atoms with van der Waals surface area (Å²) >= 11 is 5.66. The van der Waals surface area contributed by atoms with Gasteiger partial charge >= 0.3 is 0 Å². The van der Waals surface area contributed by atoms with Crippen molar-refractivity contribution >= 4 is 23.2 Å². The molecule has 0 aliphatic heterocycles. The van der Waals surface area contributed by atoms with E-state index in [1.807, 2.05) is 12.1 Å². The van der Waals surface area contributed by atoms with Gasteiger partial charge in [-0.05, 0) is 48.7 Å². The van der Waals surface area contributed by atoms with E-state index in [0.717, 1.165) is 17.5 Å². The highest BCUT2D eigenvalue weighted by Crippen LogP contribution is 2.15. The third-order valence-corrected chi connectivity index (χ3v) is 3.15. The van der Waals surface area contributed by atoms with Crippen molar-refractivity contribution in [2.75, 3.05) is 11.2 Å². The number of amides is 1. The van der Waals surface area contributed by atoms with E-state index in [0.29, 0.717) is 11.6 Å². The summed E-state index contributed by atoms with van der Waals surface area (Å²) in [6.07, 6.45) is 0.780. The Morgan fingerprint density at radius 1 is 1.20 bits per heavy atom. The first-order valence-corrected chi connectivity index (χ1v) is 6.86. The van der Waals surface area contributed by atoms with E-state index in [9.17, 15) is 9.18 Å². The van der Waals surface area contributed by atoms with Gasteiger partial charge in [0.15, 0.2) is 0 Å². The second-order valence-electron chi connectivity index (χ2n) is 4.57. The number of hydrogen-bond acceptors (Lipinski definition) is 1. The van der Waals surface area contributed by atoms with Crippen LogP contribution in [0, 0.1) is 12.7 Å². The Kier molecular flexibility index (Phi) is 4.74. The largest absolute Gasteiger partial charge is 0.322 e. The summed E-state index contributed by atoms with van der Waals surface area (Å²) in [6, 6.07) is 11.9. The van der Waals surface area contributed by atoms with Gasteiger partial charge in [0, 0.05) is 11.6 Å². The molecule has 2 rings (SSSR count). The van der Waals surface area contributed by atoms with Crippen LogP contribution in [0.15, 0.2) is 42.5 Å². The summed E-state index contributed by atoms with van der Waals surface area (Å²) in [5.41, 5.74) is 2.55. The minimum atomic E-state index is -0.513. The molecule has 20 heavy (non-hydrogen) atoms. The van der Waals surface area contributed by atoms with E-state index >= 15 is 0 Å². The molecule has 104 valence electrons. The number of hydrogen-bond donors (Lipinski definition) is 1. The number of anilines is 1. The molecule has 0 heterocycles. The Labute approximate surface area is 122 Å². The maximum absolute atomic E-state index is 13.7. The fraction of sp³-hybridized carbons (Fsp3) is 0.188. The first-order chi connectivity index (χ1) is 9.60. The molecule has 0 saturated carbocycles. The zero-order valence-corrected chi connectivity index (χ0v) is 11.9. The number of carbonyl (C=O) groups is 1. The quantitative estimate of drug-likeness (QED) is 0.842. The Hall–Kier alpha value is -1.87. The zero-order valence-electron chi connectivity index (χ0n) is 11.1. The molecule has 0 unspecified atom stereocenters. The average molecular weight is 292 g/mol. The molecule has 0 atom stereocenters. The number of halogens is 2. The Balaban J connectivity index is 2.11. The van der Waals surface area contributed by atoms with Gasteiger partial charge < -0.3 is 5.32 Å². The number of rotatable bonds is 4. The Morgan fingerprint density at radius 3 is 2.50 bits per heavy atom. The molecule has 0 spiro atoms. The normalized spacial score (nSPS) is 10.3. The minimum absolute atomic E-state index is 0.0421. The molecule has 0 aliphatic carbocycles. The second-order valence-corrected chi connectivity index (χ2v) is 4.95. The molecule has 0 radical (unpaired) electrons. The molecule has 2 aromatic rings. The lowest BCUT2D eigenvalue weighted by atomic mass is 10.1. The number of alkyl halides is 1. The molecular weight excluding hydrogens is 277 g/mol. The lowest BCUT2D eigenvalue weighted by Gasteiger charge is -2.07. The number of carbonyl (C=O) groups excluding carboxylic acids is 1. The number of nitrogens with one attached hydrogen (secondary N) is 1. The van der Waals surface area contributed by atoms with Crippen LogP contribution in [0.4, 0.5) is 10.1 Å². The van der Waals surface area contributed by atoms with Gasteiger partial charge in [0.1, 0.15) is 5.82 Å². The monoisotopic (exact) mass is 291 g/mol. The fourth-order valence-corrected chi connectivity index (χ4v) is 2.08. The van der Waals surface area contributed by atoms with Crippen LogP contribution in [0.25, 0.3) is 0 Å².